The number of aliphatic hydroxyl groups excluding tert-OH is 1. The van der Waals surface area contributed by atoms with Crippen molar-refractivity contribution < 1.29 is 9.50 Å². The van der Waals surface area contributed by atoms with Gasteiger partial charge in [-0.05, 0) is 24.8 Å². The van der Waals surface area contributed by atoms with Crippen LogP contribution in [0.1, 0.15) is 38.3 Å². The molecule has 3 N–H and O–H groups in total. The third-order valence-electron chi connectivity index (χ3n) is 2.79. The second-order valence-corrected chi connectivity index (χ2v) is 5.11. The standard InChI is InChI=1S/C13H19ClFNO/c1-8(2)6-7-11(17)13(16)9-4-3-5-10(14)12(9)15/h3-5,8,11,13,17H,6-7,16H2,1-2H3/t11-,13+/m1/s1. The molecular formula is C13H19ClFNO. The van der Waals surface area contributed by atoms with Gasteiger partial charge in [-0.15, -0.1) is 0 Å². The molecule has 0 unspecified atom stereocenters. The number of halogens is 2. The van der Waals surface area contributed by atoms with E-state index in [2.05, 4.69) is 13.8 Å². The Hall–Kier alpha value is -0.640. The zero-order valence-electron chi connectivity index (χ0n) is 10.2. The van der Waals surface area contributed by atoms with E-state index < -0.39 is 18.0 Å². The molecule has 4 heteroatoms. The second-order valence-electron chi connectivity index (χ2n) is 4.71. The van der Waals surface area contributed by atoms with Gasteiger partial charge in [0.25, 0.3) is 0 Å². The van der Waals surface area contributed by atoms with E-state index in [-0.39, 0.29) is 10.6 Å². The van der Waals surface area contributed by atoms with Crippen LogP contribution in [0.25, 0.3) is 0 Å². The lowest BCUT2D eigenvalue weighted by atomic mass is 9.96. The van der Waals surface area contributed by atoms with Gasteiger partial charge < -0.3 is 10.8 Å². The van der Waals surface area contributed by atoms with Gasteiger partial charge in [0.1, 0.15) is 5.82 Å². The van der Waals surface area contributed by atoms with Crippen molar-refractivity contribution in [3.63, 3.8) is 0 Å². The second kappa shape index (κ2) is 6.34. The zero-order chi connectivity index (χ0) is 13.0. The lowest BCUT2D eigenvalue weighted by Crippen LogP contribution is -2.27. The van der Waals surface area contributed by atoms with Crippen LogP contribution < -0.4 is 5.73 Å². The summed E-state index contributed by atoms with van der Waals surface area (Å²) in [5.41, 5.74) is 6.12. The fourth-order valence-electron chi connectivity index (χ4n) is 1.67. The molecule has 0 heterocycles. The molecule has 0 radical (unpaired) electrons. The van der Waals surface area contributed by atoms with Crippen molar-refractivity contribution in [1.29, 1.82) is 0 Å². The van der Waals surface area contributed by atoms with E-state index in [4.69, 9.17) is 17.3 Å². The molecule has 0 aliphatic carbocycles. The molecule has 0 aromatic heterocycles. The molecule has 0 amide bonds. The Labute approximate surface area is 107 Å². The molecule has 0 fully saturated rings. The van der Waals surface area contributed by atoms with Gasteiger partial charge >= 0.3 is 0 Å². The minimum absolute atomic E-state index is 0.0361. The van der Waals surface area contributed by atoms with Gasteiger partial charge in [-0.3, -0.25) is 0 Å². The highest BCUT2D eigenvalue weighted by Crippen LogP contribution is 2.25. The van der Waals surface area contributed by atoms with Gasteiger partial charge in [0, 0.05) is 5.56 Å². The number of benzene rings is 1. The van der Waals surface area contributed by atoms with Gasteiger partial charge in [-0.25, -0.2) is 4.39 Å². The van der Waals surface area contributed by atoms with Crippen LogP contribution in [0.15, 0.2) is 18.2 Å². The van der Waals surface area contributed by atoms with E-state index in [1.165, 1.54) is 6.07 Å². The summed E-state index contributed by atoms with van der Waals surface area (Å²) < 4.78 is 13.7. The van der Waals surface area contributed by atoms with E-state index in [0.717, 1.165) is 6.42 Å². The summed E-state index contributed by atoms with van der Waals surface area (Å²) in [5, 5.41) is 9.94. The highest BCUT2D eigenvalue weighted by Gasteiger charge is 2.21. The molecule has 0 bridgehead atoms. The number of hydrogen-bond donors (Lipinski definition) is 2. The number of nitrogens with two attached hydrogens (primary N) is 1. The lowest BCUT2D eigenvalue weighted by molar-refractivity contribution is 0.127. The van der Waals surface area contributed by atoms with E-state index in [9.17, 15) is 9.50 Å². The molecule has 0 aliphatic rings. The molecule has 0 spiro atoms. The zero-order valence-corrected chi connectivity index (χ0v) is 10.9. The molecule has 2 atom stereocenters. The van der Waals surface area contributed by atoms with Crippen molar-refractivity contribution in [1.82, 2.24) is 0 Å². The van der Waals surface area contributed by atoms with Crippen LogP contribution in [0.4, 0.5) is 4.39 Å². The Bertz CT molecular complexity index is 370. The van der Waals surface area contributed by atoms with Crippen molar-refractivity contribution in [3.8, 4) is 0 Å². The maximum Gasteiger partial charge on any atom is 0.146 e. The van der Waals surface area contributed by atoms with Gasteiger partial charge in [0.15, 0.2) is 0 Å². The Balaban J connectivity index is 2.74. The average Bonchev–Trinajstić information content (AvgIpc) is 2.28. The van der Waals surface area contributed by atoms with Crippen molar-refractivity contribution in [3.05, 3.63) is 34.6 Å². The van der Waals surface area contributed by atoms with E-state index >= 15 is 0 Å². The first kappa shape index (κ1) is 14.4. The van der Waals surface area contributed by atoms with Gasteiger partial charge in [0.2, 0.25) is 0 Å². The predicted molar refractivity (Wildman–Crippen MR) is 68.4 cm³/mol. The fraction of sp³-hybridized carbons (Fsp3) is 0.538. The average molecular weight is 260 g/mol. The SMILES string of the molecule is CC(C)CC[C@@H](O)[C@@H](N)c1cccc(Cl)c1F. The summed E-state index contributed by atoms with van der Waals surface area (Å²) in [6.07, 6.45) is 0.673. The molecule has 0 saturated carbocycles. The fourth-order valence-corrected chi connectivity index (χ4v) is 1.85. The van der Waals surface area contributed by atoms with Gasteiger partial charge in [0.05, 0.1) is 17.2 Å². The molecule has 0 aliphatic heterocycles. The Morgan fingerprint density at radius 1 is 1.35 bits per heavy atom. The minimum atomic E-state index is -0.745. The van der Waals surface area contributed by atoms with E-state index in [1.54, 1.807) is 12.1 Å². The van der Waals surface area contributed by atoms with Crippen LogP contribution in [0.3, 0.4) is 0 Å². The van der Waals surface area contributed by atoms with Crippen LogP contribution in [-0.4, -0.2) is 11.2 Å². The summed E-state index contributed by atoms with van der Waals surface area (Å²) >= 11 is 5.68. The normalized spacial score (nSPS) is 15.0. The maximum atomic E-state index is 13.7. The first-order valence-corrected chi connectivity index (χ1v) is 6.18. The monoisotopic (exact) mass is 259 g/mol. The van der Waals surface area contributed by atoms with Crippen molar-refractivity contribution in [2.45, 2.75) is 38.8 Å². The number of rotatable bonds is 5. The van der Waals surface area contributed by atoms with Crippen molar-refractivity contribution in [2.75, 3.05) is 0 Å². The molecule has 96 valence electrons. The Morgan fingerprint density at radius 2 is 2.00 bits per heavy atom. The number of hydrogen-bond acceptors (Lipinski definition) is 2. The van der Waals surface area contributed by atoms with Crippen LogP contribution in [0.2, 0.25) is 5.02 Å². The van der Waals surface area contributed by atoms with Crippen molar-refractivity contribution >= 4 is 11.6 Å². The predicted octanol–water partition coefficient (Wildman–Crippen LogP) is 3.28. The first-order valence-electron chi connectivity index (χ1n) is 5.81. The lowest BCUT2D eigenvalue weighted by Gasteiger charge is -2.20. The molecule has 1 aromatic carbocycles. The van der Waals surface area contributed by atoms with E-state index in [1.807, 2.05) is 0 Å². The van der Waals surface area contributed by atoms with Gasteiger partial charge in [-0.2, -0.15) is 0 Å². The molecule has 0 saturated heterocycles. The van der Waals surface area contributed by atoms with Crippen LogP contribution in [0, 0.1) is 11.7 Å². The molecule has 1 rings (SSSR count). The molecule has 2 nitrogen and oxygen atoms in total. The molecular weight excluding hydrogens is 241 g/mol. The summed E-state index contributed by atoms with van der Waals surface area (Å²) in [7, 11) is 0. The summed E-state index contributed by atoms with van der Waals surface area (Å²) in [4.78, 5) is 0. The van der Waals surface area contributed by atoms with Crippen LogP contribution >= 0.6 is 11.6 Å². The quantitative estimate of drug-likeness (QED) is 0.853. The third-order valence-corrected chi connectivity index (χ3v) is 3.09. The summed E-state index contributed by atoms with van der Waals surface area (Å²) in [6, 6.07) is 3.93. The Kier molecular flexibility index (Phi) is 5.37. The van der Waals surface area contributed by atoms with Gasteiger partial charge in [-0.1, -0.05) is 37.6 Å². The largest absolute Gasteiger partial charge is 0.391 e. The third kappa shape index (κ3) is 3.95. The minimum Gasteiger partial charge on any atom is -0.391 e. The first-order chi connectivity index (χ1) is 7.93. The summed E-state index contributed by atoms with van der Waals surface area (Å²) in [5.74, 6) is -0.0497. The number of aliphatic hydroxyl groups is 1. The Morgan fingerprint density at radius 3 is 2.59 bits per heavy atom. The van der Waals surface area contributed by atoms with Crippen molar-refractivity contribution in [2.24, 2.45) is 11.7 Å². The molecule has 1 aromatic rings. The smallest absolute Gasteiger partial charge is 0.146 e. The maximum absolute atomic E-state index is 13.7. The van der Waals surface area contributed by atoms with Crippen LogP contribution in [0.5, 0.6) is 0 Å². The molecule has 17 heavy (non-hydrogen) atoms. The van der Waals surface area contributed by atoms with E-state index in [0.29, 0.717) is 12.3 Å². The topological polar surface area (TPSA) is 46.2 Å². The summed E-state index contributed by atoms with van der Waals surface area (Å²) in [6.45, 7) is 4.14. The highest BCUT2D eigenvalue weighted by molar-refractivity contribution is 6.30. The highest BCUT2D eigenvalue weighted by atomic mass is 35.5. The van der Waals surface area contributed by atoms with Crippen LogP contribution in [-0.2, 0) is 0 Å².